The molecule has 0 bridgehead atoms. The first kappa shape index (κ1) is 11.5. The van der Waals surface area contributed by atoms with Crippen molar-refractivity contribution in [2.75, 3.05) is 12.3 Å². The lowest BCUT2D eigenvalue weighted by Crippen LogP contribution is -2.31. The summed E-state index contributed by atoms with van der Waals surface area (Å²) in [6.07, 6.45) is -0.229. The summed E-state index contributed by atoms with van der Waals surface area (Å²) in [5.41, 5.74) is 7.11. The van der Waals surface area contributed by atoms with Gasteiger partial charge in [-0.05, 0) is 24.6 Å². The van der Waals surface area contributed by atoms with Crippen LogP contribution in [0.2, 0.25) is 0 Å². The van der Waals surface area contributed by atoms with E-state index in [1.807, 2.05) is 12.1 Å². The van der Waals surface area contributed by atoms with E-state index in [1.54, 1.807) is 19.1 Å². The Morgan fingerprint density at radius 1 is 1.60 bits per heavy atom. The van der Waals surface area contributed by atoms with Crippen molar-refractivity contribution in [2.24, 2.45) is 0 Å². The first-order chi connectivity index (χ1) is 7.08. The zero-order valence-corrected chi connectivity index (χ0v) is 8.73. The van der Waals surface area contributed by atoms with Crippen molar-refractivity contribution in [2.45, 2.75) is 19.4 Å². The van der Waals surface area contributed by atoms with Crippen LogP contribution in [0.1, 0.15) is 12.5 Å². The zero-order chi connectivity index (χ0) is 11.3. The van der Waals surface area contributed by atoms with E-state index < -0.39 is 6.10 Å². The lowest BCUT2D eigenvalue weighted by Gasteiger charge is -2.07. The Balaban J connectivity index is 2.44. The van der Waals surface area contributed by atoms with Crippen molar-refractivity contribution in [3.63, 3.8) is 0 Å². The van der Waals surface area contributed by atoms with E-state index in [2.05, 4.69) is 5.32 Å². The molecule has 0 aliphatic carbocycles. The average Bonchev–Trinajstić information content (AvgIpc) is 2.15. The van der Waals surface area contributed by atoms with Gasteiger partial charge in [-0.1, -0.05) is 12.1 Å². The van der Waals surface area contributed by atoms with Gasteiger partial charge in [0.2, 0.25) is 5.91 Å². The fraction of sp³-hybridized carbons (Fsp3) is 0.364. The Morgan fingerprint density at radius 3 is 2.93 bits per heavy atom. The number of nitrogens with two attached hydrogens (primary N) is 1. The number of nitrogen functional groups attached to an aromatic ring is 1. The quantitative estimate of drug-likeness (QED) is 0.623. The number of aliphatic hydroxyl groups is 1. The predicted molar refractivity (Wildman–Crippen MR) is 59.2 cm³/mol. The minimum Gasteiger partial charge on any atom is -0.399 e. The number of aliphatic hydroxyl groups excluding tert-OH is 1. The Bertz CT molecular complexity index is 337. The summed E-state index contributed by atoms with van der Waals surface area (Å²) in [6, 6.07) is 7.20. The summed E-state index contributed by atoms with van der Waals surface area (Å²) in [5, 5.41) is 11.6. The largest absolute Gasteiger partial charge is 0.399 e. The molecular formula is C11H16N2O2. The van der Waals surface area contributed by atoms with Crippen LogP contribution in [0.25, 0.3) is 0 Å². The minimum atomic E-state index is -0.519. The maximum absolute atomic E-state index is 11.4. The molecule has 15 heavy (non-hydrogen) atoms. The molecule has 1 atom stereocenters. The molecule has 0 saturated heterocycles. The number of hydrogen-bond donors (Lipinski definition) is 3. The van der Waals surface area contributed by atoms with Crippen molar-refractivity contribution >= 4 is 11.6 Å². The number of benzene rings is 1. The van der Waals surface area contributed by atoms with E-state index in [4.69, 9.17) is 10.8 Å². The van der Waals surface area contributed by atoms with E-state index >= 15 is 0 Å². The second kappa shape index (κ2) is 5.36. The highest BCUT2D eigenvalue weighted by molar-refractivity contribution is 5.78. The van der Waals surface area contributed by atoms with Gasteiger partial charge in [0.15, 0.2) is 0 Å². The Kier molecular flexibility index (Phi) is 4.12. The molecular weight excluding hydrogens is 192 g/mol. The van der Waals surface area contributed by atoms with Crippen molar-refractivity contribution in [3.05, 3.63) is 29.8 Å². The third kappa shape index (κ3) is 4.46. The topological polar surface area (TPSA) is 75.3 Å². The lowest BCUT2D eigenvalue weighted by molar-refractivity contribution is -0.120. The van der Waals surface area contributed by atoms with Crippen LogP contribution in [0.4, 0.5) is 5.69 Å². The number of carbonyl (C=O) groups is 1. The van der Waals surface area contributed by atoms with Crippen molar-refractivity contribution in [3.8, 4) is 0 Å². The third-order valence-electron chi connectivity index (χ3n) is 1.91. The van der Waals surface area contributed by atoms with Gasteiger partial charge in [0.25, 0.3) is 0 Å². The summed E-state index contributed by atoms with van der Waals surface area (Å²) in [7, 11) is 0. The van der Waals surface area contributed by atoms with Crippen LogP contribution < -0.4 is 11.1 Å². The van der Waals surface area contributed by atoms with Crippen LogP contribution in [0.3, 0.4) is 0 Å². The summed E-state index contributed by atoms with van der Waals surface area (Å²) in [5.74, 6) is -0.110. The van der Waals surface area contributed by atoms with E-state index in [0.717, 1.165) is 5.56 Å². The van der Waals surface area contributed by atoms with Crippen LogP contribution in [0, 0.1) is 0 Å². The standard InChI is InChI=1S/C11H16N2O2/c1-8(14)7-13-11(15)6-9-3-2-4-10(12)5-9/h2-5,8,14H,6-7,12H2,1H3,(H,13,15)/t8-/m1/s1. The molecule has 0 aliphatic heterocycles. The normalized spacial score (nSPS) is 12.1. The van der Waals surface area contributed by atoms with Crippen molar-refractivity contribution in [1.82, 2.24) is 5.32 Å². The fourth-order valence-electron chi connectivity index (χ4n) is 1.21. The molecule has 1 rings (SSSR count). The number of carbonyl (C=O) groups excluding carboxylic acids is 1. The molecule has 0 radical (unpaired) electrons. The van der Waals surface area contributed by atoms with Crippen molar-refractivity contribution in [1.29, 1.82) is 0 Å². The summed E-state index contributed by atoms with van der Waals surface area (Å²) < 4.78 is 0. The second-order valence-corrected chi connectivity index (χ2v) is 3.57. The maximum Gasteiger partial charge on any atom is 0.224 e. The molecule has 0 spiro atoms. The monoisotopic (exact) mass is 208 g/mol. The van der Waals surface area contributed by atoms with Crippen LogP contribution >= 0.6 is 0 Å². The minimum absolute atomic E-state index is 0.110. The average molecular weight is 208 g/mol. The smallest absolute Gasteiger partial charge is 0.224 e. The maximum atomic E-state index is 11.4. The third-order valence-corrected chi connectivity index (χ3v) is 1.91. The molecule has 82 valence electrons. The number of nitrogens with one attached hydrogen (secondary N) is 1. The van der Waals surface area contributed by atoms with Gasteiger partial charge in [-0.25, -0.2) is 0 Å². The predicted octanol–water partition coefficient (Wildman–Crippen LogP) is 0.308. The highest BCUT2D eigenvalue weighted by Gasteiger charge is 2.04. The molecule has 1 aromatic rings. The van der Waals surface area contributed by atoms with Crippen LogP contribution in [-0.2, 0) is 11.2 Å². The number of hydrogen-bond acceptors (Lipinski definition) is 3. The molecule has 0 fully saturated rings. The van der Waals surface area contributed by atoms with Crippen molar-refractivity contribution < 1.29 is 9.90 Å². The van der Waals surface area contributed by atoms with Gasteiger partial charge < -0.3 is 16.2 Å². The number of anilines is 1. The van der Waals surface area contributed by atoms with Gasteiger partial charge >= 0.3 is 0 Å². The summed E-state index contributed by atoms with van der Waals surface area (Å²) in [6.45, 7) is 1.90. The molecule has 0 saturated carbocycles. The summed E-state index contributed by atoms with van der Waals surface area (Å²) in [4.78, 5) is 11.4. The number of rotatable bonds is 4. The highest BCUT2D eigenvalue weighted by Crippen LogP contribution is 2.06. The lowest BCUT2D eigenvalue weighted by atomic mass is 10.1. The first-order valence-electron chi connectivity index (χ1n) is 4.87. The fourth-order valence-corrected chi connectivity index (χ4v) is 1.21. The van der Waals surface area contributed by atoms with E-state index in [-0.39, 0.29) is 18.9 Å². The SMILES string of the molecule is C[C@@H](O)CNC(=O)Cc1cccc(N)c1. The molecule has 4 N–H and O–H groups in total. The van der Waals surface area contributed by atoms with Crippen LogP contribution in [0.15, 0.2) is 24.3 Å². The van der Waals surface area contributed by atoms with Crippen LogP contribution in [-0.4, -0.2) is 23.7 Å². The second-order valence-electron chi connectivity index (χ2n) is 3.57. The molecule has 4 nitrogen and oxygen atoms in total. The highest BCUT2D eigenvalue weighted by atomic mass is 16.3. The van der Waals surface area contributed by atoms with E-state index in [0.29, 0.717) is 5.69 Å². The van der Waals surface area contributed by atoms with Gasteiger partial charge in [0.1, 0.15) is 0 Å². The molecule has 1 amide bonds. The molecule has 0 heterocycles. The van der Waals surface area contributed by atoms with E-state index in [9.17, 15) is 4.79 Å². The number of amides is 1. The van der Waals surface area contributed by atoms with Gasteiger partial charge in [0, 0.05) is 12.2 Å². The van der Waals surface area contributed by atoms with Gasteiger partial charge in [0.05, 0.1) is 12.5 Å². The molecule has 1 aromatic carbocycles. The van der Waals surface area contributed by atoms with Gasteiger partial charge in [-0.2, -0.15) is 0 Å². The Labute approximate surface area is 89.1 Å². The molecule has 0 unspecified atom stereocenters. The van der Waals surface area contributed by atoms with Gasteiger partial charge in [-0.3, -0.25) is 4.79 Å². The summed E-state index contributed by atoms with van der Waals surface area (Å²) >= 11 is 0. The Morgan fingerprint density at radius 2 is 2.33 bits per heavy atom. The van der Waals surface area contributed by atoms with Gasteiger partial charge in [-0.15, -0.1) is 0 Å². The molecule has 0 aromatic heterocycles. The molecule has 0 aliphatic rings. The van der Waals surface area contributed by atoms with E-state index in [1.165, 1.54) is 0 Å². The van der Waals surface area contributed by atoms with Crippen LogP contribution in [0.5, 0.6) is 0 Å². The zero-order valence-electron chi connectivity index (χ0n) is 8.73. The first-order valence-corrected chi connectivity index (χ1v) is 4.87. The Hall–Kier alpha value is -1.55. The molecule has 4 heteroatoms.